The minimum Gasteiger partial charge on any atom is -0.497 e. The smallest absolute Gasteiger partial charge is 0.318 e. The maximum atomic E-state index is 13.2. The molecular weight excluding hydrogens is 482 g/mol. The van der Waals surface area contributed by atoms with Crippen molar-refractivity contribution in [3.05, 3.63) is 76.3 Å². The predicted octanol–water partition coefficient (Wildman–Crippen LogP) is 4.90. The summed E-state index contributed by atoms with van der Waals surface area (Å²) in [6.07, 6.45) is 1.39. The summed E-state index contributed by atoms with van der Waals surface area (Å²) in [5.41, 5.74) is 12.0. The normalized spacial score (nSPS) is 14.4. The molecule has 0 radical (unpaired) electrons. The van der Waals surface area contributed by atoms with Gasteiger partial charge in [0.25, 0.3) is 0 Å². The molecule has 0 bridgehead atoms. The van der Waals surface area contributed by atoms with E-state index in [-0.39, 0.29) is 12.1 Å². The number of benzene rings is 3. The van der Waals surface area contributed by atoms with Gasteiger partial charge in [-0.1, -0.05) is 12.1 Å². The molecule has 1 aliphatic rings. The Bertz CT molecular complexity index is 1290. The van der Waals surface area contributed by atoms with E-state index in [9.17, 15) is 4.79 Å². The lowest BCUT2D eigenvalue weighted by molar-refractivity contribution is 0.180. The van der Waals surface area contributed by atoms with Crippen LogP contribution < -0.4 is 30.0 Å². The molecule has 0 saturated heterocycles. The lowest BCUT2D eigenvalue weighted by Crippen LogP contribution is -2.46. The number of carbonyl (C=O) groups excluding carboxylic acids is 1. The second-order valence-electron chi connectivity index (χ2n) is 9.28. The van der Waals surface area contributed by atoms with E-state index in [4.69, 9.17) is 24.7 Å². The van der Waals surface area contributed by atoms with E-state index >= 15 is 0 Å². The molecule has 1 atom stereocenters. The molecule has 2 amide bonds. The van der Waals surface area contributed by atoms with E-state index in [1.807, 2.05) is 67.3 Å². The summed E-state index contributed by atoms with van der Waals surface area (Å²) in [5, 5.41) is 2.98. The molecule has 0 aliphatic carbocycles. The van der Waals surface area contributed by atoms with Crippen molar-refractivity contribution in [3.63, 3.8) is 0 Å². The largest absolute Gasteiger partial charge is 0.497 e. The number of methoxy groups -OCH3 is 3. The number of amides is 2. The average molecular weight is 520 g/mol. The van der Waals surface area contributed by atoms with Crippen LogP contribution in [0.15, 0.2) is 48.5 Å². The molecular formula is C30H37N3O5. The van der Waals surface area contributed by atoms with Crippen LogP contribution in [0.4, 0.5) is 10.5 Å². The number of aryl methyl sites for hydroxylation is 1. The second kappa shape index (κ2) is 12.0. The van der Waals surface area contributed by atoms with Crippen LogP contribution in [0.2, 0.25) is 0 Å². The fraction of sp³-hybridized carbons (Fsp3) is 0.367. The van der Waals surface area contributed by atoms with Gasteiger partial charge in [0.2, 0.25) is 0 Å². The fourth-order valence-electron chi connectivity index (χ4n) is 5.01. The molecule has 1 aliphatic heterocycles. The molecule has 1 heterocycles. The SMILES string of the molecule is CCNC(=O)N1CCc2cc(OC)c(OCCc3ccc(OC)c(N)c3)cc2C1c1ccc(OC)cc1C. The van der Waals surface area contributed by atoms with Gasteiger partial charge in [0.05, 0.1) is 39.7 Å². The zero-order valence-corrected chi connectivity index (χ0v) is 22.8. The third kappa shape index (κ3) is 5.59. The van der Waals surface area contributed by atoms with Crippen LogP contribution in [0.25, 0.3) is 0 Å². The number of carbonyl (C=O) groups is 1. The average Bonchev–Trinajstić information content (AvgIpc) is 2.92. The summed E-state index contributed by atoms with van der Waals surface area (Å²) in [5.74, 6) is 2.75. The van der Waals surface area contributed by atoms with E-state index < -0.39 is 0 Å². The Labute approximate surface area is 224 Å². The predicted molar refractivity (Wildman–Crippen MR) is 149 cm³/mol. The molecule has 3 aromatic carbocycles. The Balaban J connectivity index is 1.68. The summed E-state index contributed by atoms with van der Waals surface area (Å²) < 4.78 is 22.6. The van der Waals surface area contributed by atoms with Crippen LogP contribution in [-0.4, -0.2) is 52.0 Å². The summed E-state index contributed by atoms with van der Waals surface area (Å²) in [6, 6.07) is 15.4. The van der Waals surface area contributed by atoms with Gasteiger partial charge in [-0.05, 0) is 84.5 Å². The highest BCUT2D eigenvalue weighted by atomic mass is 16.5. The van der Waals surface area contributed by atoms with E-state index in [1.54, 1.807) is 21.3 Å². The van der Waals surface area contributed by atoms with E-state index in [2.05, 4.69) is 5.32 Å². The minimum atomic E-state index is -0.272. The minimum absolute atomic E-state index is 0.0891. The molecule has 8 heteroatoms. The molecule has 8 nitrogen and oxygen atoms in total. The Morgan fingerprint density at radius 3 is 2.42 bits per heavy atom. The van der Waals surface area contributed by atoms with Gasteiger partial charge in [-0.2, -0.15) is 0 Å². The number of fused-ring (bicyclic) bond motifs is 1. The number of nitrogens with zero attached hydrogens (tertiary/aromatic N) is 1. The molecule has 202 valence electrons. The van der Waals surface area contributed by atoms with Gasteiger partial charge >= 0.3 is 6.03 Å². The van der Waals surface area contributed by atoms with Crippen LogP contribution in [0.3, 0.4) is 0 Å². The number of anilines is 1. The van der Waals surface area contributed by atoms with Crippen LogP contribution in [0.1, 0.15) is 40.8 Å². The van der Waals surface area contributed by atoms with Gasteiger partial charge < -0.3 is 34.9 Å². The highest BCUT2D eigenvalue weighted by Gasteiger charge is 2.34. The third-order valence-electron chi connectivity index (χ3n) is 6.96. The zero-order chi connectivity index (χ0) is 27.2. The van der Waals surface area contributed by atoms with Crippen LogP contribution in [0.5, 0.6) is 23.0 Å². The number of hydrogen-bond acceptors (Lipinski definition) is 6. The monoisotopic (exact) mass is 519 g/mol. The Morgan fingerprint density at radius 2 is 1.76 bits per heavy atom. The summed E-state index contributed by atoms with van der Waals surface area (Å²) in [6.45, 7) is 5.56. The molecule has 0 spiro atoms. The van der Waals surface area contributed by atoms with E-state index in [0.717, 1.165) is 40.0 Å². The number of ether oxygens (including phenoxy) is 4. The zero-order valence-electron chi connectivity index (χ0n) is 22.8. The molecule has 1 unspecified atom stereocenters. The first-order valence-corrected chi connectivity index (χ1v) is 12.8. The van der Waals surface area contributed by atoms with Gasteiger partial charge in [-0.3, -0.25) is 0 Å². The van der Waals surface area contributed by atoms with Crippen LogP contribution in [-0.2, 0) is 12.8 Å². The van der Waals surface area contributed by atoms with Crippen molar-refractivity contribution in [2.24, 2.45) is 0 Å². The molecule has 3 N–H and O–H groups in total. The van der Waals surface area contributed by atoms with Crippen LogP contribution >= 0.6 is 0 Å². The highest BCUT2D eigenvalue weighted by molar-refractivity contribution is 5.76. The van der Waals surface area contributed by atoms with Crippen molar-refractivity contribution in [2.45, 2.75) is 32.7 Å². The van der Waals surface area contributed by atoms with E-state index in [0.29, 0.717) is 49.1 Å². The molecule has 38 heavy (non-hydrogen) atoms. The van der Waals surface area contributed by atoms with Crippen molar-refractivity contribution in [2.75, 3.05) is 46.8 Å². The number of hydrogen-bond donors (Lipinski definition) is 2. The first-order valence-electron chi connectivity index (χ1n) is 12.8. The first kappa shape index (κ1) is 27.0. The third-order valence-corrected chi connectivity index (χ3v) is 6.96. The number of rotatable bonds is 9. The summed E-state index contributed by atoms with van der Waals surface area (Å²) >= 11 is 0. The van der Waals surface area contributed by atoms with Gasteiger partial charge in [-0.25, -0.2) is 4.79 Å². The Kier molecular flexibility index (Phi) is 8.51. The molecule has 3 aromatic rings. The van der Waals surface area contributed by atoms with Crippen molar-refractivity contribution in [1.29, 1.82) is 0 Å². The summed E-state index contributed by atoms with van der Waals surface area (Å²) in [4.78, 5) is 15.1. The van der Waals surface area contributed by atoms with Crippen molar-refractivity contribution in [1.82, 2.24) is 10.2 Å². The highest BCUT2D eigenvalue weighted by Crippen LogP contribution is 2.42. The fourth-order valence-corrected chi connectivity index (χ4v) is 5.01. The van der Waals surface area contributed by atoms with Crippen molar-refractivity contribution in [3.8, 4) is 23.0 Å². The molecule has 0 aromatic heterocycles. The maximum Gasteiger partial charge on any atom is 0.318 e. The molecule has 0 fully saturated rings. The van der Waals surface area contributed by atoms with Crippen LogP contribution in [0, 0.1) is 6.92 Å². The summed E-state index contributed by atoms with van der Waals surface area (Å²) in [7, 11) is 4.90. The van der Waals surface area contributed by atoms with Gasteiger partial charge in [-0.15, -0.1) is 0 Å². The number of nitrogen functional groups attached to an aromatic ring is 1. The second-order valence-corrected chi connectivity index (χ2v) is 9.28. The number of urea groups is 1. The lowest BCUT2D eigenvalue weighted by atomic mass is 9.86. The van der Waals surface area contributed by atoms with Gasteiger partial charge in [0, 0.05) is 19.5 Å². The number of nitrogens with one attached hydrogen (secondary N) is 1. The standard InChI is InChI=1S/C30H37N3O5/c1-6-32-30(34)33-13-11-21-17-27(37-5)28(38-14-12-20-7-10-26(36-4)25(31)16-20)18-24(21)29(33)23-9-8-22(35-3)15-19(23)2/h7-10,15-18,29H,6,11-14,31H2,1-5H3,(H,32,34). The molecule has 4 rings (SSSR count). The van der Waals surface area contributed by atoms with Crippen molar-refractivity contribution < 1.29 is 23.7 Å². The maximum absolute atomic E-state index is 13.2. The lowest BCUT2D eigenvalue weighted by Gasteiger charge is -2.38. The van der Waals surface area contributed by atoms with Crippen molar-refractivity contribution >= 4 is 11.7 Å². The topological polar surface area (TPSA) is 95.3 Å². The van der Waals surface area contributed by atoms with Gasteiger partial charge in [0.15, 0.2) is 11.5 Å². The number of nitrogens with two attached hydrogens (primary N) is 1. The first-order chi connectivity index (χ1) is 18.4. The quantitative estimate of drug-likeness (QED) is 0.391. The van der Waals surface area contributed by atoms with E-state index in [1.165, 1.54) is 0 Å². The Morgan fingerprint density at radius 1 is 0.974 bits per heavy atom. The van der Waals surface area contributed by atoms with Gasteiger partial charge in [0.1, 0.15) is 11.5 Å². The Hall–Kier alpha value is -4.07. The molecule has 0 saturated carbocycles.